The van der Waals surface area contributed by atoms with E-state index in [-0.39, 0.29) is 0 Å². The Kier molecular flexibility index (Phi) is 3.16. The Hall–Kier alpha value is -1.79. The highest BCUT2D eigenvalue weighted by Gasteiger charge is 2.07. The second-order valence-corrected chi connectivity index (χ2v) is 5.34. The largest absolute Gasteiger partial charge is 0.397 e. The lowest BCUT2D eigenvalue weighted by molar-refractivity contribution is 0.867. The highest BCUT2D eigenvalue weighted by Crippen LogP contribution is 2.33. The van der Waals surface area contributed by atoms with Crippen molar-refractivity contribution < 1.29 is 0 Å². The summed E-state index contributed by atoms with van der Waals surface area (Å²) < 4.78 is 0. The second kappa shape index (κ2) is 4.60. The van der Waals surface area contributed by atoms with Crippen LogP contribution in [0.2, 0.25) is 0 Å². The number of hydrogen-bond donors (Lipinski definition) is 1. The molecule has 3 heteroatoms. The zero-order valence-electron chi connectivity index (χ0n) is 9.90. The maximum Gasteiger partial charge on any atom is 0.128 e. The van der Waals surface area contributed by atoms with Gasteiger partial charge in [0.2, 0.25) is 0 Å². The van der Waals surface area contributed by atoms with Crippen LogP contribution in [0.3, 0.4) is 0 Å². The van der Waals surface area contributed by atoms with Crippen LogP contribution in [0.15, 0.2) is 30.3 Å². The van der Waals surface area contributed by atoms with E-state index in [9.17, 15) is 0 Å². The van der Waals surface area contributed by atoms with Gasteiger partial charge in [-0.25, -0.2) is 0 Å². The highest BCUT2D eigenvalue weighted by atomic mass is 32.1. The molecule has 17 heavy (non-hydrogen) atoms. The van der Waals surface area contributed by atoms with Crippen LogP contribution in [0.25, 0.3) is 10.4 Å². The number of nitrogens with two attached hydrogens (primary N) is 1. The Morgan fingerprint density at radius 3 is 2.35 bits per heavy atom. The Bertz CT molecular complexity index is 559. The molecular formula is C14H14N2S. The van der Waals surface area contributed by atoms with Crippen LogP contribution >= 0.6 is 11.3 Å². The molecule has 0 saturated heterocycles. The van der Waals surface area contributed by atoms with Crippen molar-refractivity contribution in [2.75, 3.05) is 5.73 Å². The van der Waals surface area contributed by atoms with Crippen molar-refractivity contribution >= 4 is 17.0 Å². The molecule has 0 aliphatic heterocycles. The SMILES string of the molecule is CC(C)c1ccc(-c2cc(N)c(C#N)s2)cc1. The number of rotatable bonds is 2. The molecule has 1 heterocycles. The van der Waals surface area contributed by atoms with Gasteiger partial charge in [-0.3, -0.25) is 0 Å². The molecular weight excluding hydrogens is 228 g/mol. The first-order valence-corrected chi connectivity index (χ1v) is 6.33. The lowest BCUT2D eigenvalue weighted by atomic mass is 10.0. The van der Waals surface area contributed by atoms with E-state index in [0.717, 1.165) is 10.4 Å². The van der Waals surface area contributed by atoms with Crippen molar-refractivity contribution in [2.24, 2.45) is 0 Å². The first-order valence-electron chi connectivity index (χ1n) is 5.51. The second-order valence-electron chi connectivity index (χ2n) is 4.28. The molecule has 0 atom stereocenters. The maximum absolute atomic E-state index is 8.88. The zero-order valence-corrected chi connectivity index (χ0v) is 10.7. The number of anilines is 1. The maximum atomic E-state index is 8.88. The summed E-state index contributed by atoms with van der Waals surface area (Å²) in [4.78, 5) is 1.64. The predicted octanol–water partition coefficient (Wildman–Crippen LogP) is 3.99. The van der Waals surface area contributed by atoms with Gasteiger partial charge in [0, 0.05) is 4.88 Å². The van der Waals surface area contributed by atoms with Crippen LogP contribution in [0.1, 0.15) is 30.2 Å². The molecule has 2 aromatic rings. The smallest absolute Gasteiger partial charge is 0.128 e. The molecule has 86 valence electrons. The van der Waals surface area contributed by atoms with Crippen LogP contribution < -0.4 is 5.73 Å². The lowest BCUT2D eigenvalue weighted by Crippen LogP contribution is -1.85. The summed E-state index contributed by atoms with van der Waals surface area (Å²) in [6.45, 7) is 4.35. The van der Waals surface area contributed by atoms with E-state index in [1.807, 2.05) is 6.07 Å². The van der Waals surface area contributed by atoms with Crippen LogP contribution in [-0.4, -0.2) is 0 Å². The fraction of sp³-hybridized carbons (Fsp3) is 0.214. The molecule has 0 aliphatic carbocycles. The fourth-order valence-electron chi connectivity index (χ4n) is 1.67. The average Bonchev–Trinajstić information content (AvgIpc) is 2.70. The van der Waals surface area contributed by atoms with Gasteiger partial charge in [0.05, 0.1) is 5.69 Å². The number of nitrogen functional groups attached to an aromatic ring is 1. The summed E-state index contributed by atoms with van der Waals surface area (Å²) in [5.41, 5.74) is 8.76. The monoisotopic (exact) mass is 242 g/mol. The molecule has 0 saturated carbocycles. The molecule has 0 amide bonds. The quantitative estimate of drug-likeness (QED) is 0.865. The van der Waals surface area contributed by atoms with Crippen LogP contribution in [-0.2, 0) is 0 Å². The average molecular weight is 242 g/mol. The van der Waals surface area contributed by atoms with E-state index in [1.54, 1.807) is 0 Å². The van der Waals surface area contributed by atoms with Crippen molar-refractivity contribution in [1.82, 2.24) is 0 Å². The van der Waals surface area contributed by atoms with Crippen LogP contribution in [0.5, 0.6) is 0 Å². The molecule has 2 N–H and O–H groups in total. The minimum absolute atomic E-state index is 0.534. The molecule has 0 fully saturated rings. The van der Waals surface area contributed by atoms with Crippen molar-refractivity contribution in [2.45, 2.75) is 19.8 Å². The molecule has 1 aromatic heterocycles. The molecule has 2 rings (SSSR count). The van der Waals surface area contributed by atoms with E-state index >= 15 is 0 Å². The van der Waals surface area contributed by atoms with Crippen LogP contribution in [0.4, 0.5) is 5.69 Å². The standard InChI is InChI=1S/C14H14N2S/c1-9(2)10-3-5-11(6-4-10)13-7-12(16)14(8-15)17-13/h3-7,9H,16H2,1-2H3. The van der Waals surface area contributed by atoms with Crippen molar-refractivity contribution in [1.29, 1.82) is 5.26 Å². The Morgan fingerprint density at radius 2 is 1.88 bits per heavy atom. The van der Waals surface area contributed by atoms with Crippen LogP contribution in [0, 0.1) is 11.3 Å². The number of benzene rings is 1. The third kappa shape index (κ3) is 2.32. The van der Waals surface area contributed by atoms with Gasteiger partial charge >= 0.3 is 0 Å². The van der Waals surface area contributed by atoms with Gasteiger partial charge < -0.3 is 5.73 Å². The minimum Gasteiger partial charge on any atom is -0.397 e. The zero-order chi connectivity index (χ0) is 12.4. The Morgan fingerprint density at radius 1 is 1.24 bits per heavy atom. The summed E-state index contributed by atoms with van der Waals surface area (Å²) in [5, 5.41) is 8.88. The van der Waals surface area contributed by atoms with Gasteiger partial charge in [0.15, 0.2) is 0 Å². The summed E-state index contributed by atoms with van der Waals surface area (Å²) in [7, 11) is 0. The third-order valence-corrected chi connectivity index (χ3v) is 3.83. The molecule has 0 bridgehead atoms. The highest BCUT2D eigenvalue weighted by molar-refractivity contribution is 7.16. The lowest BCUT2D eigenvalue weighted by Gasteiger charge is -2.05. The summed E-state index contributed by atoms with van der Waals surface area (Å²) >= 11 is 1.44. The third-order valence-electron chi connectivity index (χ3n) is 2.72. The number of hydrogen-bond acceptors (Lipinski definition) is 3. The first kappa shape index (κ1) is 11.7. The van der Waals surface area contributed by atoms with Crippen molar-refractivity contribution in [3.63, 3.8) is 0 Å². The molecule has 0 spiro atoms. The van der Waals surface area contributed by atoms with Crippen molar-refractivity contribution in [3.8, 4) is 16.5 Å². The molecule has 1 aromatic carbocycles. The Balaban J connectivity index is 2.37. The fourth-order valence-corrected chi connectivity index (χ4v) is 2.55. The van der Waals surface area contributed by atoms with Gasteiger partial charge in [0.1, 0.15) is 10.9 Å². The van der Waals surface area contributed by atoms with Gasteiger partial charge in [-0.15, -0.1) is 11.3 Å². The van der Waals surface area contributed by atoms with E-state index in [1.165, 1.54) is 16.9 Å². The normalized spacial score (nSPS) is 10.5. The van der Waals surface area contributed by atoms with Gasteiger partial charge in [-0.05, 0) is 23.1 Å². The number of thiophene rings is 1. The topological polar surface area (TPSA) is 49.8 Å². The van der Waals surface area contributed by atoms with E-state index in [2.05, 4.69) is 44.2 Å². The molecule has 0 aliphatic rings. The summed E-state index contributed by atoms with van der Waals surface area (Å²) in [6, 6.07) is 12.4. The molecule has 0 radical (unpaired) electrons. The number of nitrogens with zero attached hydrogens (tertiary/aromatic N) is 1. The number of nitriles is 1. The minimum atomic E-state index is 0.534. The molecule has 0 unspecified atom stereocenters. The molecule has 2 nitrogen and oxygen atoms in total. The first-order chi connectivity index (χ1) is 8.11. The van der Waals surface area contributed by atoms with Gasteiger partial charge in [0.25, 0.3) is 0 Å². The predicted molar refractivity (Wildman–Crippen MR) is 73.0 cm³/mol. The van der Waals surface area contributed by atoms with Crippen molar-refractivity contribution in [3.05, 3.63) is 40.8 Å². The van der Waals surface area contributed by atoms with E-state index in [0.29, 0.717) is 16.5 Å². The summed E-state index contributed by atoms with van der Waals surface area (Å²) in [6.07, 6.45) is 0. The van der Waals surface area contributed by atoms with Gasteiger partial charge in [-0.1, -0.05) is 38.1 Å². The summed E-state index contributed by atoms with van der Waals surface area (Å²) in [5.74, 6) is 0.534. The van der Waals surface area contributed by atoms with E-state index < -0.39 is 0 Å². The Labute approximate surface area is 105 Å². The van der Waals surface area contributed by atoms with Gasteiger partial charge in [-0.2, -0.15) is 5.26 Å². The van der Waals surface area contributed by atoms with E-state index in [4.69, 9.17) is 11.0 Å².